The van der Waals surface area contributed by atoms with E-state index < -0.39 is 0 Å². The molecule has 0 bridgehead atoms. The van der Waals surface area contributed by atoms with E-state index in [1.807, 2.05) is 31.2 Å². The van der Waals surface area contributed by atoms with Crippen LogP contribution in [-0.4, -0.2) is 18.2 Å². The van der Waals surface area contributed by atoms with Crippen LogP contribution in [0, 0.1) is 0 Å². The monoisotopic (exact) mass is 229 g/mol. The third kappa shape index (κ3) is 2.93. The van der Waals surface area contributed by atoms with Crippen molar-refractivity contribution in [2.24, 2.45) is 0 Å². The molecule has 0 aliphatic carbocycles. The van der Waals surface area contributed by atoms with Crippen LogP contribution in [0.5, 0.6) is 0 Å². The zero-order valence-electron chi connectivity index (χ0n) is 8.08. The van der Waals surface area contributed by atoms with E-state index in [0.29, 0.717) is 5.02 Å². The van der Waals surface area contributed by atoms with Gasteiger partial charge in [0.25, 0.3) is 0 Å². The summed E-state index contributed by atoms with van der Waals surface area (Å²) in [5, 5.41) is 3.16. The molecule has 0 aliphatic rings. The number of hydrogen-bond acceptors (Lipinski definition) is 2. The van der Waals surface area contributed by atoms with Crippen LogP contribution in [0.4, 0.5) is 0 Å². The Morgan fingerprint density at radius 3 is 2.71 bits per heavy atom. The standard InChI is InChI=1S/C10H12ClNOS/c1-7(10(13)12-2)14-9-6-4-3-5-8(9)11/h3-7H,1-2H3,(H,12,13). The highest BCUT2D eigenvalue weighted by Gasteiger charge is 2.13. The van der Waals surface area contributed by atoms with Crippen molar-refractivity contribution < 1.29 is 4.79 Å². The van der Waals surface area contributed by atoms with Crippen LogP contribution in [0.15, 0.2) is 29.2 Å². The van der Waals surface area contributed by atoms with Gasteiger partial charge in [-0.1, -0.05) is 23.7 Å². The molecule has 1 N–H and O–H groups in total. The molecule has 1 aromatic carbocycles. The second-order valence-electron chi connectivity index (χ2n) is 2.80. The molecule has 1 amide bonds. The summed E-state index contributed by atoms with van der Waals surface area (Å²) in [5.74, 6) is 0.00918. The van der Waals surface area contributed by atoms with E-state index in [1.54, 1.807) is 7.05 Å². The average Bonchev–Trinajstić information content (AvgIpc) is 2.20. The Morgan fingerprint density at radius 1 is 1.50 bits per heavy atom. The number of carbonyl (C=O) groups is 1. The Morgan fingerprint density at radius 2 is 2.14 bits per heavy atom. The Balaban J connectivity index is 2.69. The molecule has 0 saturated carbocycles. The first-order valence-corrected chi connectivity index (χ1v) is 5.53. The highest BCUT2D eigenvalue weighted by molar-refractivity contribution is 8.00. The summed E-state index contributed by atoms with van der Waals surface area (Å²) >= 11 is 7.42. The van der Waals surface area contributed by atoms with Crippen LogP contribution in [0.25, 0.3) is 0 Å². The molecule has 2 nitrogen and oxygen atoms in total. The van der Waals surface area contributed by atoms with E-state index in [1.165, 1.54) is 11.8 Å². The van der Waals surface area contributed by atoms with Crippen molar-refractivity contribution in [3.63, 3.8) is 0 Å². The molecule has 0 heterocycles. The normalized spacial score (nSPS) is 12.2. The number of hydrogen-bond donors (Lipinski definition) is 1. The maximum Gasteiger partial charge on any atom is 0.232 e. The van der Waals surface area contributed by atoms with E-state index in [9.17, 15) is 4.79 Å². The Kier molecular flexibility index (Phi) is 4.29. The zero-order valence-corrected chi connectivity index (χ0v) is 9.65. The van der Waals surface area contributed by atoms with Gasteiger partial charge < -0.3 is 5.32 Å². The van der Waals surface area contributed by atoms with Gasteiger partial charge in [-0.05, 0) is 19.1 Å². The maximum absolute atomic E-state index is 11.3. The lowest BCUT2D eigenvalue weighted by molar-refractivity contribution is -0.119. The minimum Gasteiger partial charge on any atom is -0.358 e. The molecule has 0 aliphatic heterocycles. The van der Waals surface area contributed by atoms with Gasteiger partial charge >= 0.3 is 0 Å². The smallest absolute Gasteiger partial charge is 0.232 e. The van der Waals surface area contributed by atoms with Crippen molar-refractivity contribution in [2.45, 2.75) is 17.1 Å². The van der Waals surface area contributed by atoms with Gasteiger partial charge in [0.05, 0.1) is 10.3 Å². The number of amides is 1. The van der Waals surface area contributed by atoms with E-state index in [4.69, 9.17) is 11.6 Å². The van der Waals surface area contributed by atoms with Gasteiger partial charge in [-0.25, -0.2) is 0 Å². The van der Waals surface area contributed by atoms with Gasteiger partial charge in [0.1, 0.15) is 0 Å². The quantitative estimate of drug-likeness (QED) is 0.808. The van der Waals surface area contributed by atoms with Crippen LogP contribution in [0.1, 0.15) is 6.92 Å². The van der Waals surface area contributed by atoms with Gasteiger partial charge in [0.2, 0.25) is 5.91 Å². The van der Waals surface area contributed by atoms with E-state index in [2.05, 4.69) is 5.32 Å². The van der Waals surface area contributed by atoms with E-state index >= 15 is 0 Å². The minimum absolute atomic E-state index is 0.00918. The van der Waals surface area contributed by atoms with Gasteiger partial charge in [0.15, 0.2) is 0 Å². The molecule has 0 radical (unpaired) electrons. The van der Waals surface area contributed by atoms with Gasteiger partial charge in [-0.15, -0.1) is 11.8 Å². The molecule has 0 spiro atoms. The lowest BCUT2D eigenvalue weighted by atomic mass is 10.4. The Bertz CT molecular complexity index is 330. The molecule has 0 fully saturated rings. The predicted octanol–water partition coefficient (Wildman–Crippen LogP) is 2.57. The lowest BCUT2D eigenvalue weighted by Gasteiger charge is -2.10. The fraction of sp³-hybridized carbons (Fsp3) is 0.300. The second-order valence-corrected chi connectivity index (χ2v) is 4.59. The fourth-order valence-corrected chi connectivity index (χ4v) is 2.20. The first-order chi connectivity index (χ1) is 6.65. The average molecular weight is 230 g/mol. The molecule has 4 heteroatoms. The highest BCUT2D eigenvalue weighted by atomic mass is 35.5. The maximum atomic E-state index is 11.3. The number of thioether (sulfide) groups is 1. The third-order valence-electron chi connectivity index (χ3n) is 1.76. The van der Waals surface area contributed by atoms with E-state index in [0.717, 1.165) is 4.90 Å². The second kappa shape index (κ2) is 5.27. The SMILES string of the molecule is CNC(=O)C(C)Sc1ccccc1Cl. The van der Waals surface area contributed by atoms with Crippen molar-refractivity contribution in [3.05, 3.63) is 29.3 Å². The van der Waals surface area contributed by atoms with Crippen LogP contribution >= 0.6 is 23.4 Å². The Hall–Kier alpha value is -0.670. The summed E-state index contributed by atoms with van der Waals surface area (Å²) in [5.41, 5.74) is 0. The van der Waals surface area contributed by atoms with Crippen molar-refractivity contribution >= 4 is 29.3 Å². The summed E-state index contributed by atoms with van der Waals surface area (Å²) in [7, 11) is 1.63. The van der Waals surface area contributed by atoms with Crippen molar-refractivity contribution in [1.82, 2.24) is 5.32 Å². The van der Waals surface area contributed by atoms with Crippen LogP contribution in [0.2, 0.25) is 5.02 Å². The Labute approximate surface area is 93.0 Å². The van der Waals surface area contributed by atoms with Gasteiger partial charge in [-0.3, -0.25) is 4.79 Å². The molecule has 1 unspecified atom stereocenters. The number of rotatable bonds is 3. The summed E-state index contributed by atoms with van der Waals surface area (Å²) in [6.45, 7) is 1.85. The molecular weight excluding hydrogens is 218 g/mol. The summed E-state index contributed by atoms with van der Waals surface area (Å²) < 4.78 is 0. The predicted molar refractivity (Wildman–Crippen MR) is 60.8 cm³/mol. The molecule has 1 aromatic rings. The van der Waals surface area contributed by atoms with Crippen molar-refractivity contribution in [3.8, 4) is 0 Å². The molecule has 0 saturated heterocycles. The highest BCUT2D eigenvalue weighted by Crippen LogP contribution is 2.29. The summed E-state index contributed by atoms with van der Waals surface area (Å²) in [6, 6.07) is 7.51. The van der Waals surface area contributed by atoms with Crippen molar-refractivity contribution in [2.75, 3.05) is 7.05 Å². The molecule has 1 rings (SSSR count). The van der Waals surface area contributed by atoms with Crippen molar-refractivity contribution in [1.29, 1.82) is 0 Å². The van der Waals surface area contributed by atoms with Crippen LogP contribution in [0.3, 0.4) is 0 Å². The van der Waals surface area contributed by atoms with Gasteiger partial charge in [0, 0.05) is 11.9 Å². The molecular formula is C10H12ClNOS. The van der Waals surface area contributed by atoms with Gasteiger partial charge in [-0.2, -0.15) is 0 Å². The third-order valence-corrected chi connectivity index (χ3v) is 3.38. The first-order valence-electron chi connectivity index (χ1n) is 4.28. The number of halogens is 1. The lowest BCUT2D eigenvalue weighted by Crippen LogP contribution is -2.27. The van der Waals surface area contributed by atoms with Crippen LogP contribution < -0.4 is 5.32 Å². The molecule has 76 valence electrons. The largest absolute Gasteiger partial charge is 0.358 e. The number of benzene rings is 1. The molecule has 0 aromatic heterocycles. The summed E-state index contributed by atoms with van der Waals surface area (Å²) in [6.07, 6.45) is 0. The summed E-state index contributed by atoms with van der Waals surface area (Å²) in [4.78, 5) is 12.2. The number of nitrogens with one attached hydrogen (secondary N) is 1. The topological polar surface area (TPSA) is 29.1 Å². The van der Waals surface area contributed by atoms with E-state index in [-0.39, 0.29) is 11.2 Å². The number of carbonyl (C=O) groups excluding carboxylic acids is 1. The first kappa shape index (κ1) is 11.4. The van der Waals surface area contributed by atoms with Crippen LogP contribution in [-0.2, 0) is 4.79 Å². The zero-order chi connectivity index (χ0) is 10.6. The molecule has 1 atom stereocenters. The molecule has 14 heavy (non-hydrogen) atoms. The fourth-order valence-electron chi connectivity index (χ4n) is 0.988. The minimum atomic E-state index is -0.125.